The molecule has 11 heteroatoms. The molecule has 54 heavy (non-hydrogen) atoms. The molecule has 0 radical (unpaired) electrons. The van der Waals surface area contributed by atoms with E-state index in [2.05, 4.69) is 29.2 Å². The van der Waals surface area contributed by atoms with Crippen molar-refractivity contribution in [3.8, 4) is 17.2 Å². The van der Waals surface area contributed by atoms with Crippen molar-refractivity contribution in [1.82, 2.24) is 4.90 Å². The fourth-order valence-electron chi connectivity index (χ4n) is 11.0. The van der Waals surface area contributed by atoms with Crippen LogP contribution in [0.2, 0.25) is 0 Å². The average Bonchev–Trinajstić information content (AvgIpc) is 3.94. The first kappa shape index (κ1) is 38.4. The Hall–Kier alpha value is -2.48. The summed E-state index contributed by atoms with van der Waals surface area (Å²) in [4.78, 5) is 2.89. The molecule has 3 unspecified atom stereocenters. The largest absolute Gasteiger partial charge is 0.493 e. The van der Waals surface area contributed by atoms with Crippen molar-refractivity contribution >= 4 is 0 Å². The van der Waals surface area contributed by atoms with E-state index in [4.69, 9.17) is 47.4 Å². The van der Waals surface area contributed by atoms with Gasteiger partial charge in [0.05, 0.1) is 79.8 Å². The second-order valence-corrected chi connectivity index (χ2v) is 16.2. The molecule has 0 aromatic heterocycles. The first-order valence-corrected chi connectivity index (χ1v) is 20.3. The molecule has 9 rings (SSSR count). The van der Waals surface area contributed by atoms with Gasteiger partial charge in [-0.15, -0.1) is 0 Å². The Morgan fingerprint density at radius 3 is 2.13 bits per heavy atom. The smallest absolute Gasteiger partial charge is 0.165 e. The van der Waals surface area contributed by atoms with E-state index >= 15 is 0 Å². The highest BCUT2D eigenvalue weighted by atomic mass is 16.6. The Balaban J connectivity index is 0.814. The van der Waals surface area contributed by atoms with E-state index in [9.17, 15) is 0 Å². The maximum atomic E-state index is 7.19. The first-order valence-electron chi connectivity index (χ1n) is 20.3. The molecular formula is C43H61NO10. The van der Waals surface area contributed by atoms with Gasteiger partial charge in [0, 0.05) is 49.1 Å². The molecule has 11 nitrogen and oxygen atoms in total. The number of methoxy groups -OCH3 is 3. The summed E-state index contributed by atoms with van der Waals surface area (Å²) in [5.41, 5.74) is 3.76. The summed E-state index contributed by atoms with van der Waals surface area (Å²) in [5.74, 6) is 3.79. The Kier molecular flexibility index (Phi) is 12.0. The highest BCUT2D eigenvalue weighted by Gasteiger charge is 2.80. The number of benzene rings is 2. The van der Waals surface area contributed by atoms with Crippen molar-refractivity contribution in [2.24, 2.45) is 17.3 Å². The van der Waals surface area contributed by atoms with Crippen LogP contribution in [0.25, 0.3) is 0 Å². The molecule has 2 aliphatic heterocycles. The van der Waals surface area contributed by atoms with Gasteiger partial charge in [-0.1, -0.05) is 18.2 Å². The monoisotopic (exact) mass is 751 g/mol. The molecule has 1 saturated heterocycles. The lowest BCUT2D eigenvalue weighted by molar-refractivity contribution is -0.283. The summed E-state index contributed by atoms with van der Waals surface area (Å²) in [5, 5.41) is 0. The Morgan fingerprint density at radius 1 is 0.759 bits per heavy atom. The summed E-state index contributed by atoms with van der Waals surface area (Å²) in [7, 11) is 5.34. The molecule has 298 valence electrons. The average molecular weight is 752 g/mol. The van der Waals surface area contributed by atoms with Crippen LogP contribution in [-0.4, -0.2) is 130 Å². The van der Waals surface area contributed by atoms with Gasteiger partial charge in [-0.2, -0.15) is 0 Å². The van der Waals surface area contributed by atoms with Gasteiger partial charge in [0.1, 0.15) is 24.1 Å². The van der Waals surface area contributed by atoms with Crippen LogP contribution in [0.15, 0.2) is 36.4 Å². The van der Waals surface area contributed by atoms with E-state index in [-0.39, 0.29) is 22.9 Å². The number of ether oxygens (including phenoxy) is 10. The zero-order valence-corrected chi connectivity index (χ0v) is 32.7. The van der Waals surface area contributed by atoms with E-state index in [1.54, 1.807) is 14.2 Å². The Morgan fingerprint density at radius 2 is 1.46 bits per heavy atom. The zero-order valence-electron chi connectivity index (χ0n) is 32.7. The molecule has 5 aliphatic carbocycles. The Bertz CT molecular complexity index is 1540. The van der Waals surface area contributed by atoms with Crippen molar-refractivity contribution in [2.45, 2.75) is 74.7 Å². The topological polar surface area (TPSA) is 95.5 Å². The van der Waals surface area contributed by atoms with Gasteiger partial charge in [0.15, 0.2) is 11.5 Å². The number of fused-ring (bicyclic) bond motifs is 2. The number of nitrogens with zero attached hydrogens (tertiary/aromatic N) is 1. The normalized spacial score (nSPS) is 30.3. The van der Waals surface area contributed by atoms with Gasteiger partial charge >= 0.3 is 0 Å². The van der Waals surface area contributed by atoms with Crippen LogP contribution < -0.4 is 14.2 Å². The van der Waals surface area contributed by atoms with E-state index < -0.39 is 5.60 Å². The zero-order chi connectivity index (χ0) is 37.0. The van der Waals surface area contributed by atoms with Crippen molar-refractivity contribution < 1.29 is 47.4 Å². The number of likely N-dealkylation sites (tertiary alicyclic amines) is 1. The van der Waals surface area contributed by atoms with Crippen molar-refractivity contribution in [2.75, 3.05) is 107 Å². The fourth-order valence-corrected chi connectivity index (χ4v) is 11.0. The van der Waals surface area contributed by atoms with Gasteiger partial charge in [0.2, 0.25) is 0 Å². The second-order valence-electron chi connectivity index (χ2n) is 16.2. The van der Waals surface area contributed by atoms with Crippen LogP contribution in [0, 0.1) is 17.3 Å². The van der Waals surface area contributed by atoms with Crippen LogP contribution in [0.1, 0.15) is 55.2 Å². The van der Waals surface area contributed by atoms with Crippen LogP contribution in [0.4, 0.5) is 0 Å². The van der Waals surface area contributed by atoms with E-state index in [0.29, 0.717) is 85.3 Å². The highest BCUT2D eigenvalue weighted by molar-refractivity contribution is 5.63. The lowest BCUT2D eigenvalue weighted by atomic mass is 9.35. The number of piperidine rings is 1. The minimum Gasteiger partial charge on any atom is -0.493 e. The van der Waals surface area contributed by atoms with E-state index in [1.165, 1.54) is 36.9 Å². The predicted molar refractivity (Wildman–Crippen MR) is 202 cm³/mol. The quantitative estimate of drug-likeness (QED) is 0.132. The lowest BCUT2D eigenvalue weighted by Gasteiger charge is -2.74. The molecule has 2 heterocycles. The van der Waals surface area contributed by atoms with Crippen LogP contribution in [-0.2, 0) is 51.6 Å². The molecule has 7 aliphatic rings. The van der Waals surface area contributed by atoms with Crippen molar-refractivity contribution in [3.63, 3.8) is 0 Å². The summed E-state index contributed by atoms with van der Waals surface area (Å²) >= 11 is 0. The van der Waals surface area contributed by atoms with Gasteiger partial charge in [0.25, 0.3) is 0 Å². The third-order valence-electron chi connectivity index (χ3n) is 13.6. The fraction of sp³-hybridized carbons (Fsp3) is 0.721. The molecule has 0 N–H and O–H groups in total. The van der Waals surface area contributed by atoms with Gasteiger partial charge in [-0.25, -0.2) is 0 Å². The summed E-state index contributed by atoms with van der Waals surface area (Å²) in [6, 6.07) is 13.2. The number of hydrogen-bond acceptors (Lipinski definition) is 11. The minimum absolute atomic E-state index is 0.0306. The summed E-state index contributed by atoms with van der Waals surface area (Å²) < 4.78 is 59.4. The molecule has 2 spiro atoms. The minimum atomic E-state index is -0.399. The van der Waals surface area contributed by atoms with Crippen molar-refractivity contribution in [1.29, 1.82) is 0 Å². The van der Waals surface area contributed by atoms with E-state index in [0.717, 1.165) is 61.0 Å². The molecule has 2 aromatic rings. The maximum Gasteiger partial charge on any atom is 0.165 e. The maximum absolute atomic E-state index is 7.19. The molecule has 4 bridgehead atoms. The van der Waals surface area contributed by atoms with Crippen LogP contribution >= 0.6 is 0 Å². The molecule has 0 amide bonds. The first-order chi connectivity index (χ1) is 26.6. The Labute approximate surface area is 321 Å². The second kappa shape index (κ2) is 16.9. The molecule has 6 atom stereocenters. The van der Waals surface area contributed by atoms with E-state index in [1.807, 2.05) is 19.2 Å². The van der Waals surface area contributed by atoms with Gasteiger partial charge < -0.3 is 47.4 Å². The summed E-state index contributed by atoms with van der Waals surface area (Å²) in [6.45, 7) is 8.96. The van der Waals surface area contributed by atoms with Gasteiger partial charge in [-0.3, -0.25) is 4.90 Å². The predicted octanol–water partition coefficient (Wildman–Crippen LogP) is 5.23. The van der Waals surface area contributed by atoms with Crippen LogP contribution in [0.5, 0.6) is 17.2 Å². The molecule has 2 aromatic carbocycles. The molecule has 5 fully saturated rings. The number of hydrogen-bond donors (Lipinski definition) is 0. The lowest BCUT2D eigenvalue weighted by Crippen LogP contribution is -2.81. The third-order valence-corrected chi connectivity index (χ3v) is 13.6. The SMILES string of the molecule is COCCOCCOCCOCCOCCOc1ccc(COC[C@H]2CC34CCC2(OC)[C@@H]2Oc5c(OC)ccc6c5C23CCN(CC2CC2)[C@@H]4C6)cc1. The third kappa shape index (κ3) is 7.06. The summed E-state index contributed by atoms with van der Waals surface area (Å²) in [6.07, 6.45) is 8.28. The molecule has 4 saturated carbocycles. The van der Waals surface area contributed by atoms with Crippen molar-refractivity contribution in [3.05, 3.63) is 53.1 Å². The standard InChI is InChI=1S/C43H61NO10/c1-45-16-17-48-18-19-49-20-21-50-22-23-51-24-25-53-35-9-6-32(7-10-35)29-52-30-34-27-41-12-13-43(34,47-3)40-42(41)14-15-44(28-31-4-5-31)37(41)26-33-8-11-36(46-2)39(54-40)38(33)42/h6-11,31,34,37,40H,4-5,12-30H2,1-3H3/t34-,37-,40-,41?,42?,43?/m1/s1. The number of rotatable bonds is 24. The molecular weight excluding hydrogens is 690 g/mol. The van der Waals surface area contributed by atoms with Gasteiger partial charge in [-0.05, 0) is 86.7 Å². The highest BCUT2D eigenvalue weighted by Crippen LogP contribution is 2.76. The van der Waals surface area contributed by atoms with Crippen LogP contribution in [0.3, 0.4) is 0 Å².